The molecule has 4 rings (SSSR count). The number of hydrogen-bond acceptors (Lipinski definition) is 3. The summed E-state index contributed by atoms with van der Waals surface area (Å²) in [7, 11) is 0. The fraction of sp³-hybridized carbons (Fsp3) is 0.0833. The van der Waals surface area contributed by atoms with Gasteiger partial charge >= 0.3 is 0 Å². The lowest BCUT2D eigenvalue weighted by atomic mass is 10.1. The van der Waals surface area contributed by atoms with Crippen LogP contribution in [-0.4, -0.2) is 15.7 Å². The molecule has 0 unspecified atom stereocenters. The van der Waals surface area contributed by atoms with Gasteiger partial charge in [-0.05, 0) is 35.9 Å². The molecule has 34 heavy (non-hydrogen) atoms. The molecule has 0 saturated carbocycles. The summed E-state index contributed by atoms with van der Waals surface area (Å²) >= 11 is 24.4. The van der Waals surface area contributed by atoms with Crippen molar-refractivity contribution in [3.8, 4) is 5.75 Å². The molecule has 0 aliphatic heterocycles. The van der Waals surface area contributed by atoms with Crippen LogP contribution in [0.4, 0.5) is 10.2 Å². The maximum Gasteiger partial charge on any atom is 0.256 e. The summed E-state index contributed by atoms with van der Waals surface area (Å²) in [6.07, 6.45) is 1.52. The molecule has 4 aromatic rings. The summed E-state index contributed by atoms with van der Waals surface area (Å²) in [6, 6.07) is 16.3. The monoisotopic (exact) mass is 537 g/mol. The first-order valence-corrected chi connectivity index (χ1v) is 11.5. The van der Waals surface area contributed by atoms with E-state index in [0.29, 0.717) is 27.5 Å². The summed E-state index contributed by atoms with van der Waals surface area (Å²) in [5, 5.41) is 8.14. The number of nitrogens with one attached hydrogen (secondary N) is 1. The molecular formula is C24H16Cl4FN3O2. The largest absolute Gasteiger partial charge is 0.486 e. The van der Waals surface area contributed by atoms with E-state index >= 15 is 0 Å². The van der Waals surface area contributed by atoms with Gasteiger partial charge in [0.2, 0.25) is 0 Å². The molecule has 5 nitrogen and oxygen atoms in total. The number of halogens is 5. The van der Waals surface area contributed by atoms with Gasteiger partial charge < -0.3 is 10.1 Å². The van der Waals surface area contributed by atoms with Crippen molar-refractivity contribution in [1.82, 2.24) is 9.78 Å². The molecule has 1 N–H and O–H groups in total. The predicted molar refractivity (Wildman–Crippen MR) is 133 cm³/mol. The molecule has 0 saturated heterocycles. The normalized spacial score (nSPS) is 10.9. The highest BCUT2D eigenvalue weighted by Crippen LogP contribution is 2.36. The second-order valence-electron chi connectivity index (χ2n) is 7.26. The van der Waals surface area contributed by atoms with Crippen molar-refractivity contribution in [2.75, 3.05) is 5.32 Å². The van der Waals surface area contributed by atoms with Crippen LogP contribution in [0.15, 0.2) is 66.9 Å². The lowest BCUT2D eigenvalue weighted by Gasteiger charge is -2.11. The molecule has 174 valence electrons. The highest BCUT2D eigenvalue weighted by atomic mass is 35.5. The molecule has 1 heterocycles. The number of carbonyl (C=O) groups excluding carboxylic acids is 1. The van der Waals surface area contributed by atoms with Gasteiger partial charge in [-0.1, -0.05) is 76.7 Å². The van der Waals surface area contributed by atoms with E-state index < -0.39 is 5.91 Å². The maximum absolute atomic E-state index is 13.9. The fourth-order valence-electron chi connectivity index (χ4n) is 3.17. The minimum Gasteiger partial charge on any atom is -0.486 e. The van der Waals surface area contributed by atoms with Gasteiger partial charge in [0.25, 0.3) is 5.91 Å². The molecule has 3 aromatic carbocycles. The molecule has 0 spiro atoms. The van der Waals surface area contributed by atoms with Crippen molar-refractivity contribution in [3.05, 3.63) is 109 Å². The van der Waals surface area contributed by atoms with E-state index in [-0.39, 0.29) is 39.9 Å². The van der Waals surface area contributed by atoms with Crippen LogP contribution in [-0.2, 0) is 13.2 Å². The van der Waals surface area contributed by atoms with E-state index in [2.05, 4.69) is 10.4 Å². The highest BCUT2D eigenvalue weighted by molar-refractivity contribution is 6.40. The van der Waals surface area contributed by atoms with Gasteiger partial charge in [0.15, 0.2) is 11.6 Å². The Bertz CT molecular complexity index is 1340. The van der Waals surface area contributed by atoms with Crippen molar-refractivity contribution in [1.29, 1.82) is 0 Å². The second-order valence-corrected chi connectivity index (χ2v) is 8.91. The first-order valence-electron chi connectivity index (χ1n) is 9.94. The first-order chi connectivity index (χ1) is 16.3. The number of rotatable bonds is 7. The molecule has 10 heteroatoms. The Balaban J connectivity index is 1.44. The van der Waals surface area contributed by atoms with Crippen LogP contribution in [0.25, 0.3) is 0 Å². The maximum atomic E-state index is 13.9. The zero-order valence-corrected chi connectivity index (χ0v) is 20.4. The van der Waals surface area contributed by atoms with E-state index in [1.54, 1.807) is 42.5 Å². The molecule has 0 aliphatic carbocycles. The van der Waals surface area contributed by atoms with Crippen molar-refractivity contribution < 1.29 is 13.9 Å². The van der Waals surface area contributed by atoms with E-state index in [0.717, 1.165) is 0 Å². The first kappa shape index (κ1) is 24.4. The number of nitrogens with zero attached hydrogens (tertiary/aromatic N) is 2. The number of carbonyl (C=O) groups is 1. The van der Waals surface area contributed by atoms with Crippen LogP contribution in [0.2, 0.25) is 20.1 Å². The van der Waals surface area contributed by atoms with Gasteiger partial charge in [-0.15, -0.1) is 0 Å². The van der Waals surface area contributed by atoms with Gasteiger partial charge in [0, 0.05) is 22.3 Å². The van der Waals surface area contributed by atoms with Gasteiger partial charge in [-0.2, -0.15) is 5.10 Å². The number of anilines is 1. The van der Waals surface area contributed by atoms with Crippen molar-refractivity contribution in [2.24, 2.45) is 0 Å². The Hall–Kier alpha value is -2.77. The molecule has 1 amide bonds. The molecule has 0 aliphatic rings. The Morgan fingerprint density at radius 1 is 0.971 bits per heavy atom. The lowest BCUT2D eigenvalue weighted by Crippen LogP contribution is -2.13. The molecule has 0 radical (unpaired) electrons. The third-order valence-electron chi connectivity index (χ3n) is 4.77. The van der Waals surface area contributed by atoms with Gasteiger partial charge in [0.05, 0.1) is 16.6 Å². The molecule has 0 bridgehead atoms. The Morgan fingerprint density at radius 3 is 2.44 bits per heavy atom. The zero-order chi connectivity index (χ0) is 24.2. The standard InChI is InChI=1S/C24H16Cl4FN3O2/c25-17-9-18(26)22(19(27)10-17)34-13-14-4-3-6-15(8-14)24(33)30-23-20(28)12-32(31-23)11-16-5-1-2-7-21(16)29/h1-10,12H,11,13H2,(H,30,31,33). The molecule has 0 fully saturated rings. The van der Waals surface area contributed by atoms with Crippen molar-refractivity contribution in [3.63, 3.8) is 0 Å². The second kappa shape index (κ2) is 10.7. The topological polar surface area (TPSA) is 56.2 Å². The van der Waals surface area contributed by atoms with Crippen LogP contribution < -0.4 is 10.1 Å². The summed E-state index contributed by atoms with van der Waals surface area (Å²) in [6.45, 7) is 0.297. The minimum absolute atomic E-state index is 0.125. The van der Waals surface area contributed by atoms with Gasteiger partial charge in [0.1, 0.15) is 17.4 Å². The summed E-state index contributed by atoms with van der Waals surface area (Å²) in [4.78, 5) is 12.8. The van der Waals surface area contributed by atoms with Crippen LogP contribution in [0.3, 0.4) is 0 Å². The van der Waals surface area contributed by atoms with Gasteiger partial charge in [-0.25, -0.2) is 4.39 Å². The SMILES string of the molecule is O=C(Nc1nn(Cc2ccccc2F)cc1Cl)c1cccc(COc2c(Cl)cc(Cl)cc2Cl)c1. The molecular weight excluding hydrogens is 523 g/mol. The van der Waals surface area contributed by atoms with Crippen molar-refractivity contribution in [2.45, 2.75) is 13.2 Å². The van der Waals surface area contributed by atoms with Crippen LogP contribution in [0.1, 0.15) is 21.5 Å². The third-order valence-corrected chi connectivity index (χ3v) is 5.83. The number of aromatic nitrogens is 2. The van der Waals surface area contributed by atoms with E-state index in [1.807, 2.05) is 0 Å². The quantitative estimate of drug-likeness (QED) is 0.265. The fourth-order valence-corrected chi connectivity index (χ4v) is 4.29. The van der Waals surface area contributed by atoms with Crippen LogP contribution >= 0.6 is 46.4 Å². The lowest BCUT2D eigenvalue weighted by molar-refractivity contribution is 0.102. The number of benzene rings is 3. The molecule has 0 atom stereocenters. The van der Waals surface area contributed by atoms with Crippen molar-refractivity contribution >= 4 is 58.1 Å². The number of hydrogen-bond donors (Lipinski definition) is 1. The van der Waals surface area contributed by atoms with Crippen LogP contribution in [0.5, 0.6) is 5.75 Å². The van der Waals surface area contributed by atoms with Gasteiger partial charge in [-0.3, -0.25) is 9.48 Å². The average molecular weight is 539 g/mol. The van der Waals surface area contributed by atoms with E-state index in [4.69, 9.17) is 51.1 Å². The Labute approximate surface area is 215 Å². The Morgan fingerprint density at radius 2 is 1.71 bits per heavy atom. The summed E-state index contributed by atoms with van der Waals surface area (Å²) in [5.74, 6) is -0.290. The number of ether oxygens (including phenoxy) is 1. The predicted octanol–water partition coefficient (Wildman–Crippen LogP) is 7.52. The summed E-state index contributed by atoms with van der Waals surface area (Å²) in [5.41, 5.74) is 1.54. The Kier molecular flexibility index (Phi) is 7.63. The van der Waals surface area contributed by atoms with E-state index in [9.17, 15) is 9.18 Å². The van der Waals surface area contributed by atoms with Crippen LogP contribution in [0, 0.1) is 5.82 Å². The minimum atomic E-state index is -0.414. The van der Waals surface area contributed by atoms with E-state index in [1.165, 1.54) is 29.1 Å². The summed E-state index contributed by atoms with van der Waals surface area (Å²) < 4.78 is 21.1. The third kappa shape index (κ3) is 5.83. The smallest absolute Gasteiger partial charge is 0.256 e. The average Bonchev–Trinajstić information content (AvgIpc) is 3.13. The highest BCUT2D eigenvalue weighted by Gasteiger charge is 2.15. The number of amides is 1. The molecule has 1 aromatic heterocycles. The zero-order valence-electron chi connectivity index (χ0n) is 17.4.